The van der Waals surface area contributed by atoms with Gasteiger partial charge in [0.15, 0.2) is 11.4 Å². The molecule has 2 aromatic rings. The van der Waals surface area contributed by atoms with E-state index in [9.17, 15) is 28.3 Å². The molecule has 11 heteroatoms. The van der Waals surface area contributed by atoms with Crippen LogP contribution < -0.4 is 15.8 Å². The van der Waals surface area contributed by atoms with Gasteiger partial charge in [-0.3, -0.25) is 24.1 Å². The van der Waals surface area contributed by atoms with Crippen LogP contribution in [-0.2, 0) is 11.3 Å². The third-order valence-electron chi connectivity index (χ3n) is 6.18. The first-order valence-corrected chi connectivity index (χ1v) is 12.0. The average Bonchev–Trinajstić information content (AvgIpc) is 3.64. The van der Waals surface area contributed by atoms with E-state index in [1.807, 2.05) is 18.9 Å². The Morgan fingerprint density at radius 2 is 2.00 bits per heavy atom. The molecule has 1 aromatic carbocycles. The quantitative estimate of drug-likeness (QED) is 0.482. The minimum absolute atomic E-state index is 0.0367. The molecule has 2 heterocycles. The van der Waals surface area contributed by atoms with Crippen LogP contribution in [0.25, 0.3) is 0 Å². The lowest BCUT2D eigenvalue weighted by Crippen LogP contribution is -2.55. The Morgan fingerprint density at radius 3 is 2.67 bits per heavy atom. The van der Waals surface area contributed by atoms with Crippen LogP contribution in [0, 0.1) is 17.6 Å². The minimum atomic E-state index is -0.997. The predicted octanol–water partition coefficient (Wildman–Crippen LogP) is 2.34. The summed E-state index contributed by atoms with van der Waals surface area (Å²) in [5.41, 5.74) is -1.54. The molecule has 1 saturated carbocycles. The Hall–Kier alpha value is -3.47. The Balaban J connectivity index is 1.58. The number of hydrogen-bond donors (Lipinski definition) is 2. The van der Waals surface area contributed by atoms with Crippen molar-refractivity contribution >= 4 is 11.8 Å². The van der Waals surface area contributed by atoms with Crippen molar-refractivity contribution in [2.24, 2.45) is 5.92 Å². The fraction of sp³-hybridized carbons (Fsp3) is 0.480. The molecule has 2 N–H and O–H groups in total. The smallest absolute Gasteiger partial charge is 0.277 e. The number of fused-ring (bicyclic) bond motifs is 1. The number of nitrogens with one attached hydrogen (secondary N) is 1. The Labute approximate surface area is 207 Å². The summed E-state index contributed by atoms with van der Waals surface area (Å²) >= 11 is 0. The fourth-order valence-electron chi connectivity index (χ4n) is 4.08. The predicted molar refractivity (Wildman–Crippen MR) is 127 cm³/mol. The molecule has 0 atom stereocenters. The first-order valence-electron chi connectivity index (χ1n) is 12.0. The molecule has 1 aromatic heterocycles. The molecule has 0 spiro atoms. The van der Waals surface area contributed by atoms with E-state index >= 15 is 0 Å². The van der Waals surface area contributed by atoms with Crippen molar-refractivity contribution in [2.45, 2.75) is 45.8 Å². The topological polar surface area (TPSA) is 104 Å². The zero-order chi connectivity index (χ0) is 26.0. The minimum Gasteiger partial charge on any atom is -0.502 e. The van der Waals surface area contributed by atoms with Crippen LogP contribution in [0.4, 0.5) is 8.78 Å². The molecular weight excluding hydrogens is 474 g/mol. The van der Waals surface area contributed by atoms with Gasteiger partial charge in [-0.2, -0.15) is 0 Å². The summed E-state index contributed by atoms with van der Waals surface area (Å²) in [6.07, 6.45) is 3.97. The number of amides is 2. The van der Waals surface area contributed by atoms with E-state index in [4.69, 9.17) is 4.74 Å². The highest BCUT2D eigenvalue weighted by Crippen LogP contribution is 2.31. The Bertz CT molecular complexity index is 1210. The molecule has 194 valence electrons. The van der Waals surface area contributed by atoms with Gasteiger partial charge in [0.25, 0.3) is 11.8 Å². The highest BCUT2D eigenvalue weighted by molar-refractivity contribution is 5.99. The van der Waals surface area contributed by atoms with Gasteiger partial charge < -0.3 is 20.1 Å². The van der Waals surface area contributed by atoms with Crippen LogP contribution in [0.3, 0.4) is 0 Å². The van der Waals surface area contributed by atoms with E-state index in [1.54, 1.807) is 4.90 Å². The largest absolute Gasteiger partial charge is 0.502 e. The van der Waals surface area contributed by atoms with Crippen LogP contribution in [0.15, 0.2) is 29.2 Å². The summed E-state index contributed by atoms with van der Waals surface area (Å²) in [7, 11) is 0. The maximum Gasteiger partial charge on any atom is 0.277 e. The molecule has 1 aliphatic heterocycles. The summed E-state index contributed by atoms with van der Waals surface area (Å²) in [4.78, 5) is 40.4. The number of pyridine rings is 1. The van der Waals surface area contributed by atoms with Crippen molar-refractivity contribution in [1.29, 1.82) is 0 Å². The van der Waals surface area contributed by atoms with Gasteiger partial charge in [-0.15, -0.1) is 0 Å². The third-order valence-corrected chi connectivity index (χ3v) is 6.18. The van der Waals surface area contributed by atoms with Gasteiger partial charge in [0.2, 0.25) is 5.43 Å². The SMILES string of the molecule is CC(C)OCCCN1CN(CC2CC2)n2cc(C(=O)NCc3ccc(F)cc3F)c(=O)c(O)c2C1=O. The first-order chi connectivity index (χ1) is 17.2. The molecule has 9 nitrogen and oxygen atoms in total. The van der Waals surface area contributed by atoms with E-state index < -0.39 is 34.6 Å². The molecule has 0 unspecified atom stereocenters. The molecule has 2 aliphatic rings. The summed E-state index contributed by atoms with van der Waals surface area (Å²) in [5.74, 6) is -3.34. The van der Waals surface area contributed by atoms with Crippen molar-refractivity contribution in [3.05, 3.63) is 63.1 Å². The van der Waals surface area contributed by atoms with Crippen LogP contribution in [0.5, 0.6) is 5.75 Å². The van der Waals surface area contributed by atoms with E-state index in [0.717, 1.165) is 18.9 Å². The van der Waals surface area contributed by atoms with Gasteiger partial charge in [0, 0.05) is 44.1 Å². The molecule has 4 rings (SSSR count). The van der Waals surface area contributed by atoms with Crippen LogP contribution in [-0.4, -0.2) is 59.0 Å². The van der Waals surface area contributed by atoms with Gasteiger partial charge in [-0.05, 0) is 45.1 Å². The second kappa shape index (κ2) is 10.7. The van der Waals surface area contributed by atoms with Crippen molar-refractivity contribution in [3.8, 4) is 5.75 Å². The number of carbonyl (C=O) groups excluding carboxylic acids is 2. The van der Waals surface area contributed by atoms with Gasteiger partial charge in [0.05, 0.1) is 6.10 Å². The summed E-state index contributed by atoms with van der Waals surface area (Å²) in [6, 6.07) is 2.95. The molecule has 0 radical (unpaired) electrons. The zero-order valence-corrected chi connectivity index (χ0v) is 20.3. The molecule has 0 bridgehead atoms. The average molecular weight is 505 g/mol. The van der Waals surface area contributed by atoms with Gasteiger partial charge in [0.1, 0.15) is 23.9 Å². The van der Waals surface area contributed by atoms with Gasteiger partial charge in [-0.1, -0.05) is 6.07 Å². The highest BCUT2D eigenvalue weighted by atomic mass is 19.1. The number of rotatable bonds is 10. The van der Waals surface area contributed by atoms with Crippen LogP contribution in [0.2, 0.25) is 0 Å². The number of hydrogen-bond acceptors (Lipinski definition) is 6. The fourth-order valence-corrected chi connectivity index (χ4v) is 4.08. The van der Waals surface area contributed by atoms with E-state index in [-0.39, 0.29) is 36.1 Å². The molecule has 36 heavy (non-hydrogen) atoms. The third kappa shape index (κ3) is 5.67. The Kier molecular flexibility index (Phi) is 7.58. The van der Waals surface area contributed by atoms with Crippen molar-refractivity contribution in [3.63, 3.8) is 0 Å². The lowest BCUT2D eigenvalue weighted by atomic mass is 10.1. The second-order valence-electron chi connectivity index (χ2n) is 9.45. The number of aromatic nitrogens is 1. The molecular formula is C25H30F2N4O5. The zero-order valence-electron chi connectivity index (χ0n) is 20.3. The van der Waals surface area contributed by atoms with E-state index in [0.29, 0.717) is 38.1 Å². The molecule has 1 aliphatic carbocycles. The maximum atomic E-state index is 13.9. The van der Waals surface area contributed by atoms with Crippen molar-refractivity contribution < 1.29 is 28.2 Å². The lowest BCUT2D eigenvalue weighted by Gasteiger charge is -2.40. The number of benzene rings is 1. The number of carbonyl (C=O) groups is 2. The van der Waals surface area contributed by atoms with Gasteiger partial charge >= 0.3 is 0 Å². The summed E-state index contributed by atoms with van der Waals surface area (Å²) < 4.78 is 34.0. The second-order valence-corrected chi connectivity index (χ2v) is 9.45. The first kappa shape index (κ1) is 25.6. The Morgan fingerprint density at radius 1 is 1.25 bits per heavy atom. The molecule has 0 saturated heterocycles. The molecule has 2 amide bonds. The van der Waals surface area contributed by atoms with Crippen molar-refractivity contribution in [2.75, 3.05) is 31.4 Å². The standard InChI is InChI=1S/C25H30F2N4O5/c1-15(2)36-9-3-8-29-14-30(12-16-4-5-16)31-13-19(22(32)23(33)21(31)25(29)35)24(34)28-11-17-6-7-18(26)10-20(17)27/h6-7,10,13,15-16,33H,3-5,8-9,11-12,14H2,1-2H3,(H,28,34). The van der Waals surface area contributed by atoms with Crippen molar-refractivity contribution in [1.82, 2.24) is 14.9 Å². The van der Waals surface area contributed by atoms with Gasteiger partial charge in [-0.25, -0.2) is 8.78 Å². The number of halogens is 2. The lowest BCUT2D eigenvalue weighted by molar-refractivity contribution is 0.0567. The molecule has 1 fully saturated rings. The maximum absolute atomic E-state index is 13.9. The highest BCUT2D eigenvalue weighted by Gasteiger charge is 2.36. The number of ether oxygens (including phenoxy) is 1. The normalized spacial score (nSPS) is 15.4. The van der Waals surface area contributed by atoms with Crippen LogP contribution >= 0.6 is 0 Å². The number of aromatic hydroxyl groups is 1. The summed E-state index contributed by atoms with van der Waals surface area (Å²) in [6.45, 7) is 5.23. The van der Waals surface area contributed by atoms with E-state index in [1.165, 1.54) is 16.9 Å². The monoisotopic (exact) mass is 504 g/mol. The van der Waals surface area contributed by atoms with Crippen LogP contribution in [0.1, 0.15) is 59.5 Å². The summed E-state index contributed by atoms with van der Waals surface area (Å²) in [5, 5.41) is 15.0. The number of nitrogens with zero attached hydrogens (tertiary/aromatic N) is 3. The van der Waals surface area contributed by atoms with E-state index in [2.05, 4.69) is 5.32 Å².